The second-order valence-corrected chi connectivity index (χ2v) is 5.30. The fourth-order valence-electron chi connectivity index (χ4n) is 2.71. The van der Waals surface area contributed by atoms with E-state index >= 15 is 0 Å². The molecule has 124 valence electrons. The summed E-state index contributed by atoms with van der Waals surface area (Å²) < 4.78 is 9.87. The van der Waals surface area contributed by atoms with E-state index in [-0.39, 0.29) is 29.0 Å². The molecule has 1 aromatic rings. The minimum Gasteiger partial charge on any atom is -0.465 e. The molecular formula is C15H18N2O6. The van der Waals surface area contributed by atoms with Crippen LogP contribution in [0.5, 0.6) is 0 Å². The van der Waals surface area contributed by atoms with Gasteiger partial charge in [0.15, 0.2) is 0 Å². The van der Waals surface area contributed by atoms with Gasteiger partial charge in [0.2, 0.25) is 0 Å². The molecule has 0 saturated heterocycles. The van der Waals surface area contributed by atoms with Crippen LogP contribution in [0.2, 0.25) is 0 Å². The first-order chi connectivity index (χ1) is 11.0. The van der Waals surface area contributed by atoms with Crippen LogP contribution in [0, 0.1) is 10.1 Å². The number of non-ortho nitro benzene ring substituents is 1. The number of nitro benzene ring substituents is 1. The van der Waals surface area contributed by atoms with Gasteiger partial charge in [-0.25, -0.2) is 4.79 Å². The third-order valence-electron chi connectivity index (χ3n) is 3.88. The highest BCUT2D eigenvalue weighted by atomic mass is 16.6. The van der Waals surface area contributed by atoms with Gasteiger partial charge in [-0.05, 0) is 25.3 Å². The number of hydrogen-bond acceptors (Lipinski definition) is 6. The summed E-state index contributed by atoms with van der Waals surface area (Å²) in [6.07, 6.45) is 2.50. The number of nitrogens with one attached hydrogen (secondary N) is 1. The van der Waals surface area contributed by atoms with Gasteiger partial charge in [-0.3, -0.25) is 14.9 Å². The summed E-state index contributed by atoms with van der Waals surface area (Å²) in [5.74, 6) is -1.22. The van der Waals surface area contributed by atoms with Crippen LogP contribution in [0.4, 0.5) is 5.69 Å². The number of nitrogens with zero attached hydrogens (tertiary/aromatic N) is 1. The number of esters is 1. The predicted molar refractivity (Wildman–Crippen MR) is 80.3 cm³/mol. The van der Waals surface area contributed by atoms with E-state index in [1.807, 2.05) is 0 Å². The third kappa shape index (κ3) is 3.84. The largest absolute Gasteiger partial charge is 0.465 e. The molecule has 0 unspecified atom stereocenters. The summed E-state index contributed by atoms with van der Waals surface area (Å²) in [6.45, 7) is 0. The highest BCUT2D eigenvalue weighted by Gasteiger charge is 2.29. The van der Waals surface area contributed by atoms with Crippen molar-refractivity contribution in [3.8, 4) is 0 Å². The Morgan fingerprint density at radius 1 is 1.22 bits per heavy atom. The molecule has 1 saturated carbocycles. The van der Waals surface area contributed by atoms with E-state index in [4.69, 9.17) is 4.74 Å². The topological polar surface area (TPSA) is 108 Å². The van der Waals surface area contributed by atoms with Crippen LogP contribution >= 0.6 is 0 Å². The Balaban J connectivity index is 2.26. The van der Waals surface area contributed by atoms with Gasteiger partial charge in [-0.1, -0.05) is 0 Å². The first-order valence-electron chi connectivity index (χ1n) is 7.17. The van der Waals surface area contributed by atoms with Gasteiger partial charge < -0.3 is 14.8 Å². The average Bonchev–Trinajstić information content (AvgIpc) is 3.00. The van der Waals surface area contributed by atoms with Crippen molar-refractivity contribution >= 4 is 17.6 Å². The van der Waals surface area contributed by atoms with Crippen LogP contribution in [0.3, 0.4) is 0 Å². The van der Waals surface area contributed by atoms with Crippen LogP contribution < -0.4 is 5.32 Å². The smallest absolute Gasteiger partial charge is 0.338 e. The molecule has 23 heavy (non-hydrogen) atoms. The van der Waals surface area contributed by atoms with Gasteiger partial charge in [0.05, 0.1) is 29.7 Å². The zero-order valence-corrected chi connectivity index (χ0v) is 12.9. The molecule has 1 fully saturated rings. The predicted octanol–water partition coefficient (Wildman–Crippen LogP) is 1.68. The van der Waals surface area contributed by atoms with Crippen LogP contribution in [-0.2, 0) is 9.47 Å². The molecule has 1 N–H and O–H groups in total. The quantitative estimate of drug-likeness (QED) is 0.502. The van der Waals surface area contributed by atoms with Crippen molar-refractivity contribution in [3.63, 3.8) is 0 Å². The number of rotatable bonds is 5. The molecular weight excluding hydrogens is 304 g/mol. The van der Waals surface area contributed by atoms with Crippen molar-refractivity contribution < 1.29 is 24.0 Å². The van der Waals surface area contributed by atoms with Gasteiger partial charge in [0.1, 0.15) is 0 Å². The van der Waals surface area contributed by atoms with E-state index in [2.05, 4.69) is 10.1 Å². The maximum Gasteiger partial charge on any atom is 0.338 e. The highest BCUT2D eigenvalue weighted by molar-refractivity contribution is 5.99. The summed E-state index contributed by atoms with van der Waals surface area (Å²) in [5, 5.41) is 13.8. The SMILES string of the molecule is COC(=O)c1cc(C(=O)N[C@@H]2CCC[C@H]2OC)cc([N+](=O)[O-])c1. The van der Waals surface area contributed by atoms with Crippen molar-refractivity contribution in [2.24, 2.45) is 0 Å². The van der Waals surface area contributed by atoms with Crippen LogP contribution in [0.25, 0.3) is 0 Å². The fraction of sp³-hybridized carbons (Fsp3) is 0.467. The zero-order chi connectivity index (χ0) is 17.0. The molecule has 0 spiro atoms. The van der Waals surface area contributed by atoms with E-state index in [1.165, 1.54) is 13.2 Å². The maximum atomic E-state index is 12.4. The number of hydrogen-bond donors (Lipinski definition) is 1. The Morgan fingerprint density at radius 3 is 2.52 bits per heavy atom. The Labute approximate surface area is 132 Å². The Kier molecular flexibility index (Phi) is 5.28. The molecule has 2 rings (SSSR count). The summed E-state index contributed by atoms with van der Waals surface area (Å²) in [6, 6.07) is 3.35. The second kappa shape index (κ2) is 7.19. The lowest BCUT2D eigenvalue weighted by Crippen LogP contribution is -2.40. The number of ether oxygens (including phenoxy) is 2. The summed E-state index contributed by atoms with van der Waals surface area (Å²) in [4.78, 5) is 34.3. The van der Waals surface area contributed by atoms with Gasteiger partial charge >= 0.3 is 5.97 Å². The first-order valence-corrected chi connectivity index (χ1v) is 7.17. The van der Waals surface area contributed by atoms with Crippen LogP contribution in [0.1, 0.15) is 40.0 Å². The molecule has 0 bridgehead atoms. The van der Waals surface area contributed by atoms with Crippen molar-refractivity contribution in [2.75, 3.05) is 14.2 Å². The molecule has 0 heterocycles. The minimum atomic E-state index is -0.738. The van der Waals surface area contributed by atoms with E-state index in [0.717, 1.165) is 31.4 Å². The molecule has 0 radical (unpaired) electrons. The van der Waals surface area contributed by atoms with E-state index < -0.39 is 16.8 Å². The normalized spacial score (nSPS) is 20.1. The number of benzene rings is 1. The third-order valence-corrected chi connectivity index (χ3v) is 3.88. The summed E-state index contributed by atoms with van der Waals surface area (Å²) >= 11 is 0. The number of carbonyl (C=O) groups is 2. The maximum absolute atomic E-state index is 12.4. The Morgan fingerprint density at radius 2 is 1.91 bits per heavy atom. The Bertz CT molecular complexity index is 630. The molecule has 1 amide bonds. The molecule has 8 heteroatoms. The fourth-order valence-corrected chi connectivity index (χ4v) is 2.71. The van der Waals surface area contributed by atoms with E-state index in [9.17, 15) is 19.7 Å². The lowest BCUT2D eigenvalue weighted by atomic mass is 10.1. The number of nitro groups is 1. The van der Waals surface area contributed by atoms with Crippen molar-refractivity contribution in [2.45, 2.75) is 31.4 Å². The first kappa shape index (κ1) is 16.9. The lowest BCUT2D eigenvalue weighted by Gasteiger charge is -2.19. The monoisotopic (exact) mass is 322 g/mol. The highest BCUT2D eigenvalue weighted by Crippen LogP contribution is 2.23. The van der Waals surface area contributed by atoms with Crippen molar-refractivity contribution in [1.82, 2.24) is 5.32 Å². The lowest BCUT2D eigenvalue weighted by molar-refractivity contribution is -0.384. The summed E-state index contributed by atoms with van der Waals surface area (Å²) in [7, 11) is 2.75. The zero-order valence-electron chi connectivity index (χ0n) is 12.9. The number of carbonyl (C=O) groups excluding carboxylic acids is 2. The van der Waals surface area contributed by atoms with Crippen molar-refractivity contribution in [3.05, 3.63) is 39.4 Å². The van der Waals surface area contributed by atoms with Crippen molar-refractivity contribution in [1.29, 1.82) is 0 Å². The average molecular weight is 322 g/mol. The number of methoxy groups -OCH3 is 2. The van der Waals surface area contributed by atoms with Crippen LogP contribution in [-0.4, -0.2) is 43.2 Å². The molecule has 1 aliphatic rings. The van der Waals surface area contributed by atoms with E-state index in [1.54, 1.807) is 7.11 Å². The van der Waals surface area contributed by atoms with Gasteiger partial charge in [-0.2, -0.15) is 0 Å². The molecule has 1 aromatic carbocycles. The van der Waals surface area contributed by atoms with E-state index in [0.29, 0.717) is 0 Å². The summed E-state index contributed by atoms with van der Waals surface area (Å²) in [5.41, 5.74) is -0.337. The molecule has 8 nitrogen and oxygen atoms in total. The van der Waals surface area contributed by atoms with Gasteiger partial charge in [-0.15, -0.1) is 0 Å². The Hall–Kier alpha value is -2.48. The van der Waals surface area contributed by atoms with Crippen LogP contribution in [0.15, 0.2) is 18.2 Å². The molecule has 0 aliphatic heterocycles. The van der Waals surface area contributed by atoms with Gasteiger partial charge in [0.25, 0.3) is 11.6 Å². The standard InChI is InChI=1S/C15H18N2O6/c1-22-13-5-3-4-12(13)16-14(18)9-6-10(15(19)23-2)8-11(7-9)17(20)21/h6-8,12-13H,3-5H2,1-2H3,(H,16,18)/t12-,13-/m1/s1. The molecule has 0 aromatic heterocycles. The minimum absolute atomic E-state index is 0.0402. The second-order valence-electron chi connectivity index (χ2n) is 5.30. The number of amides is 1. The molecule has 1 aliphatic carbocycles. The molecule has 2 atom stereocenters. The van der Waals surface area contributed by atoms with Gasteiger partial charge in [0, 0.05) is 24.8 Å².